The van der Waals surface area contributed by atoms with Crippen molar-refractivity contribution in [2.24, 2.45) is 0 Å². The minimum absolute atomic E-state index is 0.0341. The fourth-order valence-electron chi connectivity index (χ4n) is 3.14. The van der Waals surface area contributed by atoms with E-state index < -0.39 is 6.04 Å². The van der Waals surface area contributed by atoms with Gasteiger partial charge in [-0.1, -0.05) is 35.4 Å². The van der Waals surface area contributed by atoms with Crippen LogP contribution in [0.2, 0.25) is 5.02 Å². The molecule has 2 aromatic rings. The molecule has 0 aliphatic heterocycles. The smallest absolute Gasteiger partial charge is 0.251 e. The van der Waals surface area contributed by atoms with Crippen LogP contribution in [-0.2, 0) is 11.2 Å². The van der Waals surface area contributed by atoms with Crippen molar-refractivity contribution in [1.82, 2.24) is 15.6 Å². The number of nitrogens with zero attached hydrogens (tertiary/aromatic N) is 1. The first-order chi connectivity index (χ1) is 16.7. The predicted octanol–water partition coefficient (Wildman–Crippen LogP) is 5.04. The number of ether oxygens (including phenoxy) is 1. The van der Waals surface area contributed by atoms with Gasteiger partial charge in [-0.25, -0.2) is 4.98 Å². The summed E-state index contributed by atoms with van der Waals surface area (Å²) < 4.78 is 10.8. The lowest BCUT2D eigenvalue weighted by Gasteiger charge is -2.19. The molecule has 1 unspecified atom stereocenters. The van der Waals surface area contributed by atoms with E-state index in [-0.39, 0.29) is 17.9 Å². The van der Waals surface area contributed by atoms with Gasteiger partial charge in [-0.3, -0.25) is 9.59 Å². The maximum Gasteiger partial charge on any atom is 0.251 e. The Morgan fingerprint density at radius 3 is 2.51 bits per heavy atom. The molecule has 1 atom stereocenters. The van der Waals surface area contributed by atoms with Crippen molar-refractivity contribution < 1.29 is 18.7 Å². The second-order valence-corrected chi connectivity index (χ2v) is 8.25. The molecule has 0 aliphatic carbocycles. The zero-order chi connectivity index (χ0) is 26.4. The third-order valence-corrected chi connectivity index (χ3v) is 5.14. The normalized spacial score (nSPS) is 12.1. The molecule has 2 rings (SSSR count). The van der Waals surface area contributed by atoms with Crippen LogP contribution in [0.15, 0.2) is 52.7 Å². The molecule has 0 bridgehead atoms. The van der Waals surface area contributed by atoms with Crippen LogP contribution >= 0.6 is 11.6 Å². The maximum atomic E-state index is 12.8. The van der Waals surface area contributed by atoms with Crippen molar-refractivity contribution >= 4 is 23.4 Å². The van der Waals surface area contributed by atoms with E-state index in [1.165, 1.54) is 0 Å². The lowest BCUT2D eigenvalue weighted by atomic mass is 10.0. The summed E-state index contributed by atoms with van der Waals surface area (Å²) in [6.45, 7) is 7.52. The Labute approximate surface area is 213 Å². The Hall–Kier alpha value is -3.50. The van der Waals surface area contributed by atoms with Gasteiger partial charge in [-0.15, -0.1) is 12.8 Å². The van der Waals surface area contributed by atoms with Crippen molar-refractivity contribution in [3.63, 3.8) is 0 Å². The van der Waals surface area contributed by atoms with Gasteiger partial charge >= 0.3 is 0 Å². The molecule has 0 spiro atoms. The number of likely N-dealkylation sites (N-methyl/N-ethyl adjacent to an activating group) is 1. The Balaban J connectivity index is 0.00000298. The molecule has 0 fully saturated rings. The molecule has 1 aromatic carbocycles. The molecule has 0 radical (unpaired) electrons. The molecule has 2 amide bonds. The average Bonchev–Trinajstić information content (AvgIpc) is 3.26. The summed E-state index contributed by atoms with van der Waals surface area (Å²) >= 11 is 6.26. The van der Waals surface area contributed by atoms with Crippen molar-refractivity contribution in [2.75, 3.05) is 7.05 Å². The van der Waals surface area contributed by atoms with Crippen molar-refractivity contribution in [3.8, 4) is 18.6 Å². The van der Waals surface area contributed by atoms with Crippen LogP contribution < -0.4 is 15.4 Å². The van der Waals surface area contributed by atoms with Gasteiger partial charge in [0, 0.05) is 26.0 Å². The van der Waals surface area contributed by atoms with E-state index in [0.29, 0.717) is 41.5 Å². The number of nitrogens with one attached hydrogen (secondary N) is 2. The lowest BCUT2D eigenvalue weighted by molar-refractivity contribution is -0.122. The largest absolute Gasteiger partial charge is 0.489 e. The van der Waals surface area contributed by atoms with Crippen LogP contribution in [-0.4, -0.2) is 36.0 Å². The summed E-state index contributed by atoms with van der Waals surface area (Å²) in [4.78, 5) is 29.5. The van der Waals surface area contributed by atoms with E-state index in [2.05, 4.69) is 28.5 Å². The lowest BCUT2D eigenvalue weighted by Crippen LogP contribution is -2.45. The van der Waals surface area contributed by atoms with Gasteiger partial charge in [0.25, 0.3) is 5.91 Å². The van der Waals surface area contributed by atoms with Crippen LogP contribution in [0.3, 0.4) is 0 Å². The standard InChI is InChI=1S/C25H32ClN3O4.C2H2/c1-6-18(9-7-8-10-20-15-32-17(4)28-20)13-22(25(31)27-5)29-24(30)19-11-12-23(21(26)14-19)33-16(2)3;1-2/h6-8,11-12,14-16,22H,9-10,13H2,1-5H3,(H,27,31)(H,29,30);1-2H/b8-7-,18-6+;. The van der Waals surface area contributed by atoms with E-state index in [4.69, 9.17) is 20.8 Å². The molecule has 1 heterocycles. The Morgan fingerprint density at radius 1 is 1.26 bits per heavy atom. The highest BCUT2D eigenvalue weighted by atomic mass is 35.5. The van der Waals surface area contributed by atoms with Gasteiger partial charge < -0.3 is 19.8 Å². The van der Waals surface area contributed by atoms with Crippen LogP contribution in [0.1, 0.15) is 55.6 Å². The molecule has 35 heavy (non-hydrogen) atoms. The van der Waals surface area contributed by atoms with Crippen LogP contribution in [0.25, 0.3) is 0 Å². The Bertz CT molecular complexity index is 1050. The van der Waals surface area contributed by atoms with E-state index in [9.17, 15) is 9.59 Å². The number of carbonyl (C=O) groups excluding carboxylic acids is 2. The molecule has 0 saturated carbocycles. The number of hydrogen-bond acceptors (Lipinski definition) is 5. The second-order valence-electron chi connectivity index (χ2n) is 7.84. The Kier molecular flexibility index (Phi) is 13.0. The molecular weight excluding hydrogens is 466 g/mol. The Morgan fingerprint density at radius 2 is 1.97 bits per heavy atom. The number of benzene rings is 1. The summed E-state index contributed by atoms with van der Waals surface area (Å²) in [5, 5.41) is 5.78. The van der Waals surface area contributed by atoms with Crippen LogP contribution in [0, 0.1) is 19.8 Å². The monoisotopic (exact) mass is 499 g/mol. The fourth-order valence-corrected chi connectivity index (χ4v) is 3.36. The maximum absolute atomic E-state index is 12.8. The summed E-state index contributed by atoms with van der Waals surface area (Å²) in [6.07, 6.45) is 17.3. The summed E-state index contributed by atoms with van der Waals surface area (Å²) in [7, 11) is 1.55. The summed E-state index contributed by atoms with van der Waals surface area (Å²) in [5.74, 6) is 0.500. The summed E-state index contributed by atoms with van der Waals surface area (Å²) in [6, 6.07) is 4.11. The highest BCUT2D eigenvalue weighted by Crippen LogP contribution is 2.26. The molecule has 2 N–H and O–H groups in total. The number of aromatic nitrogens is 1. The number of hydrogen-bond donors (Lipinski definition) is 2. The van der Waals surface area contributed by atoms with Crippen LogP contribution in [0.5, 0.6) is 5.75 Å². The van der Waals surface area contributed by atoms with Gasteiger partial charge in [0.15, 0.2) is 5.89 Å². The molecule has 0 aliphatic rings. The van der Waals surface area contributed by atoms with Gasteiger partial charge in [-0.05, 0) is 51.8 Å². The van der Waals surface area contributed by atoms with Gasteiger partial charge in [0.05, 0.1) is 16.8 Å². The van der Waals surface area contributed by atoms with E-state index in [0.717, 1.165) is 11.3 Å². The third kappa shape index (κ3) is 10.1. The second kappa shape index (κ2) is 15.4. The first-order valence-electron chi connectivity index (χ1n) is 11.3. The molecule has 1 aromatic heterocycles. The first kappa shape index (κ1) is 29.5. The summed E-state index contributed by atoms with van der Waals surface area (Å²) in [5.41, 5.74) is 2.25. The molecule has 8 heteroatoms. The highest BCUT2D eigenvalue weighted by molar-refractivity contribution is 6.32. The van der Waals surface area contributed by atoms with Gasteiger partial charge in [0.2, 0.25) is 5.91 Å². The number of rotatable bonds is 11. The molecule has 0 saturated heterocycles. The minimum Gasteiger partial charge on any atom is -0.489 e. The molecule has 7 nitrogen and oxygen atoms in total. The quantitative estimate of drug-likeness (QED) is 0.333. The van der Waals surface area contributed by atoms with E-state index in [1.54, 1.807) is 38.4 Å². The minimum atomic E-state index is -0.717. The van der Waals surface area contributed by atoms with Crippen molar-refractivity contribution in [2.45, 2.75) is 59.1 Å². The van der Waals surface area contributed by atoms with E-state index >= 15 is 0 Å². The van der Waals surface area contributed by atoms with E-state index in [1.807, 2.05) is 39.0 Å². The number of oxazole rings is 1. The molecule has 188 valence electrons. The SMILES string of the molecule is C#C.C/C=C(\C/C=C\Cc1coc(C)n1)CC(NC(=O)c1ccc(OC(C)C)c(Cl)c1)C(=O)NC. The number of halogens is 1. The number of terminal acetylenes is 1. The fraction of sp³-hybridized carbons (Fsp3) is 0.370. The first-order valence-corrected chi connectivity index (χ1v) is 11.6. The van der Waals surface area contributed by atoms with Crippen molar-refractivity contribution in [3.05, 3.63) is 70.4 Å². The zero-order valence-corrected chi connectivity index (χ0v) is 21.7. The van der Waals surface area contributed by atoms with Gasteiger partial charge in [0.1, 0.15) is 18.1 Å². The van der Waals surface area contributed by atoms with Gasteiger partial charge in [-0.2, -0.15) is 0 Å². The number of carbonyl (C=O) groups is 2. The number of allylic oxidation sites excluding steroid dienone is 3. The zero-order valence-electron chi connectivity index (χ0n) is 20.9. The number of aryl methyl sites for hydroxylation is 1. The number of amides is 2. The highest BCUT2D eigenvalue weighted by Gasteiger charge is 2.22. The molecular formula is C27H34ClN3O4. The van der Waals surface area contributed by atoms with Crippen LogP contribution in [0.4, 0.5) is 0 Å². The average molecular weight is 500 g/mol. The third-order valence-electron chi connectivity index (χ3n) is 4.84. The topological polar surface area (TPSA) is 93.5 Å². The predicted molar refractivity (Wildman–Crippen MR) is 140 cm³/mol. The van der Waals surface area contributed by atoms with Crippen molar-refractivity contribution in [1.29, 1.82) is 0 Å².